The molecule has 106 valence electrons. The van der Waals surface area contributed by atoms with E-state index in [9.17, 15) is 4.79 Å². The first kappa shape index (κ1) is 14.0. The first-order chi connectivity index (χ1) is 10.2. The zero-order valence-electron chi connectivity index (χ0n) is 10.9. The standard InChI is InChI=1S/C14H11BrN4OS/c15-11-7-12(21-9-11)14(20)17-13-3-6-19(18-13)8-10-1-4-16-5-2-10/h1-7,9H,8H2,(H,17,18,20). The fourth-order valence-electron chi connectivity index (χ4n) is 1.80. The summed E-state index contributed by atoms with van der Waals surface area (Å²) in [4.78, 5) is 16.6. The van der Waals surface area contributed by atoms with E-state index in [1.807, 2.05) is 23.7 Å². The molecule has 0 spiro atoms. The number of pyridine rings is 1. The summed E-state index contributed by atoms with van der Waals surface area (Å²) in [5, 5.41) is 8.99. The highest BCUT2D eigenvalue weighted by atomic mass is 79.9. The van der Waals surface area contributed by atoms with Crippen LogP contribution in [0.4, 0.5) is 5.82 Å². The number of aromatic nitrogens is 3. The van der Waals surface area contributed by atoms with E-state index in [1.165, 1.54) is 11.3 Å². The van der Waals surface area contributed by atoms with Gasteiger partial charge in [-0.2, -0.15) is 5.10 Å². The van der Waals surface area contributed by atoms with Crippen LogP contribution in [-0.4, -0.2) is 20.7 Å². The Balaban J connectivity index is 1.66. The summed E-state index contributed by atoms with van der Waals surface area (Å²) in [5.74, 6) is 0.387. The number of hydrogen-bond acceptors (Lipinski definition) is 4. The van der Waals surface area contributed by atoms with Crippen LogP contribution < -0.4 is 5.32 Å². The smallest absolute Gasteiger partial charge is 0.266 e. The number of nitrogens with one attached hydrogen (secondary N) is 1. The van der Waals surface area contributed by atoms with Crippen molar-refractivity contribution in [1.29, 1.82) is 0 Å². The number of anilines is 1. The molecule has 5 nitrogen and oxygen atoms in total. The lowest BCUT2D eigenvalue weighted by molar-refractivity contribution is 0.103. The maximum absolute atomic E-state index is 12.0. The molecule has 0 aliphatic heterocycles. The summed E-state index contributed by atoms with van der Waals surface area (Å²) in [5.41, 5.74) is 1.10. The monoisotopic (exact) mass is 362 g/mol. The quantitative estimate of drug-likeness (QED) is 0.773. The molecule has 0 aliphatic rings. The molecular formula is C14H11BrN4OS. The first-order valence-electron chi connectivity index (χ1n) is 6.18. The van der Waals surface area contributed by atoms with Gasteiger partial charge in [-0.05, 0) is 39.7 Å². The van der Waals surface area contributed by atoms with Crippen molar-refractivity contribution in [3.8, 4) is 0 Å². The van der Waals surface area contributed by atoms with Gasteiger partial charge in [0.2, 0.25) is 0 Å². The number of halogens is 1. The van der Waals surface area contributed by atoms with Gasteiger partial charge in [0.25, 0.3) is 5.91 Å². The largest absolute Gasteiger partial charge is 0.304 e. The van der Waals surface area contributed by atoms with E-state index in [0.717, 1.165) is 10.0 Å². The second-order valence-corrected chi connectivity index (χ2v) is 6.16. The first-order valence-corrected chi connectivity index (χ1v) is 7.86. The Bertz CT molecular complexity index is 753. The third kappa shape index (κ3) is 3.56. The van der Waals surface area contributed by atoms with Crippen LogP contribution in [0, 0.1) is 0 Å². The molecule has 0 bridgehead atoms. The van der Waals surface area contributed by atoms with Crippen molar-refractivity contribution < 1.29 is 4.79 Å². The van der Waals surface area contributed by atoms with E-state index in [-0.39, 0.29) is 5.91 Å². The number of rotatable bonds is 4. The van der Waals surface area contributed by atoms with Crippen molar-refractivity contribution >= 4 is 39.0 Å². The summed E-state index contributed by atoms with van der Waals surface area (Å²) in [6.07, 6.45) is 5.33. The second-order valence-electron chi connectivity index (χ2n) is 4.34. The lowest BCUT2D eigenvalue weighted by Gasteiger charge is -2.01. The molecule has 3 aromatic heterocycles. The predicted octanol–water partition coefficient (Wildman–Crippen LogP) is 3.40. The molecule has 1 amide bonds. The van der Waals surface area contributed by atoms with Gasteiger partial charge in [0, 0.05) is 34.5 Å². The van der Waals surface area contributed by atoms with E-state index in [2.05, 4.69) is 31.3 Å². The SMILES string of the molecule is O=C(Nc1ccn(Cc2ccncc2)n1)c1cc(Br)cs1. The van der Waals surface area contributed by atoms with E-state index in [0.29, 0.717) is 17.2 Å². The van der Waals surface area contributed by atoms with Gasteiger partial charge in [0.15, 0.2) is 5.82 Å². The number of hydrogen-bond donors (Lipinski definition) is 1. The van der Waals surface area contributed by atoms with Crippen molar-refractivity contribution in [2.24, 2.45) is 0 Å². The average molecular weight is 363 g/mol. The molecule has 0 radical (unpaired) electrons. The Labute approximate surface area is 133 Å². The molecule has 0 saturated carbocycles. The molecule has 0 aliphatic carbocycles. The third-order valence-corrected chi connectivity index (χ3v) is 4.46. The van der Waals surface area contributed by atoms with Gasteiger partial charge < -0.3 is 5.32 Å². The number of nitrogens with zero attached hydrogens (tertiary/aromatic N) is 3. The molecular weight excluding hydrogens is 352 g/mol. The maximum Gasteiger partial charge on any atom is 0.266 e. The minimum Gasteiger partial charge on any atom is -0.304 e. The van der Waals surface area contributed by atoms with E-state index >= 15 is 0 Å². The zero-order valence-corrected chi connectivity index (χ0v) is 13.3. The lowest BCUT2D eigenvalue weighted by Crippen LogP contribution is -2.11. The van der Waals surface area contributed by atoms with Gasteiger partial charge in [-0.25, -0.2) is 0 Å². The van der Waals surface area contributed by atoms with Crippen LogP contribution in [0.3, 0.4) is 0 Å². The predicted molar refractivity (Wildman–Crippen MR) is 85.5 cm³/mol. The average Bonchev–Trinajstić information content (AvgIpc) is 3.09. The number of thiophene rings is 1. The normalized spacial score (nSPS) is 10.5. The minimum atomic E-state index is -0.153. The van der Waals surface area contributed by atoms with Gasteiger partial charge in [-0.15, -0.1) is 11.3 Å². The van der Waals surface area contributed by atoms with E-state index < -0.39 is 0 Å². The van der Waals surface area contributed by atoms with Gasteiger partial charge in [0.1, 0.15) is 0 Å². The molecule has 3 aromatic rings. The van der Waals surface area contributed by atoms with Crippen LogP contribution in [0.5, 0.6) is 0 Å². The van der Waals surface area contributed by atoms with Crippen molar-refractivity contribution in [2.75, 3.05) is 5.32 Å². The Morgan fingerprint density at radius 3 is 2.86 bits per heavy atom. The minimum absolute atomic E-state index is 0.153. The molecule has 3 rings (SSSR count). The number of amides is 1. The molecule has 7 heteroatoms. The Hall–Kier alpha value is -1.99. The maximum atomic E-state index is 12.0. The third-order valence-electron chi connectivity index (χ3n) is 2.77. The highest BCUT2D eigenvalue weighted by Gasteiger charge is 2.10. The van der Waals surface area contributed by atoms with Crippen molar-refractivity contribution in [3.63, 3.8) is 0 Å². The van der Waals surface area contributed by atoms with Gasteiger partial charge in [-0.1, -0.05) is 0 Å². The van der Waals surface area contributed by atoms with Crippen LogP contribution in [0.2, 0.25) is 0 Å². The van der Waals surface area contributed by atoms with E-state index in [1.54, 1.807) is 29.2 Å². The molecule has 0 aromatic carbocycles. The topological polar surface area (TPSA) is 59.8 Å². The molecule has 0 unspecified atom stereocenters. The number of carbonyl (C=O) groups is 1. The van der Waals surface area contributed by atoms with Crippen LogP contribution in [-0.2, 0) is 6.54 Å². The molecule has 0 fully saturated rings. The fraction of sp³-hybridized carbons (Fsp3) is 0.0714. The zero-order chi connectivity index (χ0) is 14.7. The van der Waals surface area contributed by atoms with Crippen LogP contribution in [0.1, 0.15) is 15.2 Å². The van der Waals surface area contributed by atoms with Crippen LogP contribution in [0.15, 0.2) is 52.7 Å². The van der Waals surface area contributed by atoms with Crippen LogP contribution in [0.25, 0.3) is 0 Å². The van der Waals surface area contributed by atoms with E-state index in [4.69, 9.17) is 0 Å². The van der Waals surface area contributed by atoms with Crippen molar-refractivity contribution in [2.45, 2.75) is 6.54 Å². The highest BCUT2D eigenvalue weighted by molar-refractivity contribution is 9.10. The summed E-state index contributed by atoms with van der Waals surface area (Å²) in [6.45, 7) is 0.642. The molecule has 0 atom stereocenters. The van der Waals surface area contributed by atoms with Gasteiger partial charge in [0.05, 0.1) is 11.4 Å². The van der Waals surface area contributed by atoms with Crippen molar-refractivity contribution in [3.05, 3.63) is 63.1 Å². The Kier molecular flexibility index (Phi) is 4.12. The summed E-state index contributed by atoms with van der Waals surface area (Å²) < 4.78 is 2.68. The fourth-order valence-corrected chi connectivity index (χ4v) is 3.12. The summed E-state index contributed by atoms with van der Waals surface area (Å²) >= 11 is 4.72. The Morgan fingerprint density at radius 1 is 1.33 bits per heavy atom. The highest BCUT2D eigenvalue weighted by Crippen LogP contribution is 2.20. The molecule has 21 heavy (non-hydrogen) atoms. The number of carbonyl (C=O) groups excluding carboxylic acids is 1. The Morgan fingerprint density at radius 2 is 2.14 bits per heavy atom. The van der Waals surface area contributed by atoms with Crippen molar-refractivity contribution in [1.82, 2.24) is 14.8 Å². The molecule has 3 heterocycles. The van der Waals surface area contributed by atoms with Crippen LogP contribution >= 0.6 is 27.3 Å². The summed E-state index contributed by atoms with van der Waals surface area (Å²) in [6, 6.07) is 7.43. The van der Waals surface area contributed by atoms with Gasteiger partial charge in [-0.3, -0.25) is 14.5 Å². The molecule has 1 N–H and O–H groups in total. The second kappa shape index (κ2) is 6.19. The summed E-state index contributed by atoms with van der Waals surface area (Å²) in [7, 11) is 0. The van der Waals surface area contributed by atoms with Gasteiger partial charge >= 0.3 is 0 Å². The molecule has 0 saturated heterocycles. The lowest BCUT2D eigenvalue weighted by atomic mass is 10.3.